The van der Waals surface area contributed by atoms with Crippen LogP contribution in [0.15, 0.2) is 18.2 Å². The Hall–Kier alpha value is -1.63. The van der Waals surface area contributed by atoms with Crippen LogP contribution in [0, 0.1) is 0 Å². The van der Waals surface area contributed by atoms with Gasteiger partial charge in [0.05, 0.1) is 25.2 Å². The summed E-state index contributed by atoms with van der Waals surface area (Å²) in [4.78, 5) is 21.8. The fraction of sp³-hybridized carbons (Fsp3) is 0.333. The third kappa shape index (κ3) is 3.92. The van der Waals surface area contributed by atoms with Crippen molar-refractivity contribution in [3.8, 4) is 0 Å². The lowest BCUT2D eigenvalue weighted by molar-refractivity contribution is -0.144. The summed E-state index contributed by atoms with van der Waals surface area (Å²) in [5.74, 6) is -1.88. The number of carboxylic acids is 1. The molecule has 0 spiro atoms. The Balaban J connectivity index is 2.97. The Morgan fingerprint density at radius 2 is 2.00 bits per heavy atom. The van der Waals surface area contributed by atoms with Crippen molar-refractivity contribution in [2.24, 2.45) is 0 Å². The number of hydrogen-bond donors (Lipinski definition) is 3. The molecular formula is C12H13ClO6. The van der Waals surface area contributed by atoms with Gasteiger partial charge >= 0.3 is 11.9 Å². The monoisotopic (exact) mass is 288 g/mol. The molecule has 0 amide bonds. The van der Waals surface area contributed by atoms with Crippen molar-refractivity contribution >= 4 is 23.5 Å². The minimum atomic E-state index is -1.48. The highest BCUT2D eigenvalue weighted by Gasteiger charge is 2.24. The van der Waals surface area contributed by atoms with Crippen molar-refractivity contribution in [2.75, 3.05) is 7.11 Å². The Bertz CT molecular complexity index is 487. The second-order valence-electron chi connectivity index (χ2n) is 3.83. The Labute approximate surface area is 114 Å². The minimum absolute atomic E-state index is 0.0398. The van der Waals surface area contributed by atoms with Crippen molar-refractivity contribution in [3.05, 3.63) is 34.3 Å². The Morgan fingerprint density at radius 1 is 1.37 bits per heavy atom. The number of carbonyl (C=O) groups excluding carboxylic acids is 1. The minimum Gasteiger partial charge on any atom is -0.478 e. The molecule has 0 saturated carbocycles. The van der Waals surface area contributed by atoms with Crippen LogP contribution in [0.4, 0.5) is 0 Å². The molecule has 0 aromatic heterocycles. The lowest BCUT2D eigenvalue weighted by Gasteiger charge is -2.18. The maximum Gasteiger partial charge on any atom is 0.335 e. The molecule has 0 aliphatic carbocycles. The lowest BCUT2D eigenvalue weighted by Crippen LogP contribution is -2.23. The van der Waals surface area contributed by atoms with E-state index in [4.69, 9.17) is 16.7 Å². The maximum absolute atomic E-state index is 11.0. The predicted molar refractivity (Wildman–Crippen MR) is 66.0 cm³/mol. The van der Waals surface area contributed by atoms with Crippen LogP contribution in [-0.4, -0.2) is 40.5 Å². The van der Waals surface area contributed by atoms with E-state index >= 15 is 0 Å². The quantitative estimate of drug-likeness (QED) is 0.698. The molecule has 1 aromatic carbocycles. The number of ether oxygens (including phenoxy) is 1. The molecule has 1 rings (SSSR count). The summed E-state index contributed by atoms with van der Waals surface area (Å²) in [6.45, 7) is 0. The number of carbonyl (C=O) groups is 2. The van der Waals surface area contributed by atoms with Gasteiger partial charge < -0.3 is 20.1 Å². The fourth-order valence-electron chi connectivity index (χ4n) is 1.48. The second kappa shape index (κ2) is 6.51. The molecule has 0 saturated heterocycles. The number of esters is 1. The zero-order valence-corrected chi connectivity index (χ0v) is 10.8. The molecule has 19 heavy (non-hydrogen) atoms. The number of carboxylic acid groups (broad SMARTS) is 1. The number of aliphatic hydroxyl groups excluding tert-OH is 2. The standard InChI is InChI=1S/C12H13ClO6/c1-19-10(15)5-9(14)11(16)7-4-6(12(17)18)2-3-8(7)13/h2-4,9,11,14,16H,5H2,1H3,(H,17,18). The van der Waals surface area contributed by atoms with Crippen LogP contribution >= 0.6 is 11.6 Å². The number of rotatable bonds is 5. The largest absolute Gasteiger partial charge is 0.478 e. The van der Waals surface area contributed by atoms with Crippen LogP contribution < -0.4 is 0 Å². The third-order valence-electron chi connectivity index (χ3n) is 2.53. The maximum atomic E-state index is 11.0. The third-order valence-corrected chi connectivity index (χ3v) is 2.87. The summed E-state index contributed by atoms with van der Waals surface area (Å²) in [5.41, 5.74) is -0.0401. The molecule has 0 radical (unpaired) electrons. The first-order valence-corrected chi connectivity index (χ1v) is 5.70. The van der Waals surface area contributed by atoms with Crippen molar-refractivity contribution in [1.82, 2.24) is 0 Å². The van der Waals surface area contributed by atoms with Crippen molar-refractivity contribution in [2.45, 2.75) is 18.6 Å². The van der Waals surface area contributed by atoms with Gasteiger partial charge in [-0.3, -0.25) is 4.79 Å². The molecule has 0 bridgehead atoms. The molecule has 0 aliphatic heterocycles. The van der Waals surface area contributed by atoms with Crippen molar-refractivity contribution in [1.29, 1.82) is 0 Å². The molecule has 6 nitrogen and oxygen atoms in total. The average molecular weight is 289 g/mol. The van der Waals surface area contributed by atoms with Crippen LogP contribution in [-0.2, 0) is 9.53 Å². The highest BCUT2D eigenvalue weighted by Crippen LogP contribution is 2.27. The first-order chi connectivity index (χ1) is 8.86. The Kier molecular flexibility index (Phi) is 5.29. The van der Waals surface area contributed by atoms with Gasteiger partial charge in [-0.05, 0) is 18.2 Å². The van der Waals surface area contributed by atoms with Crippen molar-refractivity contribution < 1.29 is 29.6 Å². The van der Waals surface area contributed by atoms with Gasteiger partial charge in [0, 0.05) is 10.6 Å². The van der Waals surface area contributed by atoms with Crippen LogP contribution in [0.3, 0.4) is 0 Å². The highest BCUT2D eigenvalue weighted by molar-refractivity contribution is 6.31. The molecule has 3 N–H and O–H groups in total. The fourth-order valence-corrected chi connectivity index (χ4v) is 1.71. The molecule has 0 fully saturated rings. The first kappa shape index (κ1) is 15.4. The number of aromatic carboxylic acids is 1. The van der Waals surface area contributed by atoms with E-state index in [0.29, 0.717) is 0 Å². The summed E-state index contributed by atoms with van der Waals surface area (Å²) in [6, 6.07) is 3.72. The van der Waals surface area contributed by atoms with Gasteiger partial charge in [-0.15, -0.1) is 0 Å². The lowest BCUT2D eigenvalue weighted by atomic mass is 10.00. The highest BCUT2D eigenvalue weighted by atomic mass is 35.5. The smallest absolute Gasteiger partial charge is 0.335 e. The van der Waals surface area contributed by atoms with Crippen LogP contribution in [0.25, 0.3) is 0 Å². The molecule has 2 atom stereocenters. The zero-order chi connectivity index (χ0) is 14.6. The number of hydrogen-bond acceptors (Lipinski definition) is 5. The van der Waals surface area contributed by atoms with Gasteiger partial charge in [-0.2, -0.15) is 0 Å². The Morgan fingerprint density at radius 3 is 2.53 bits per heavy atom. The molecule has 0 aliphatic rings. The topological polar surface area (TPSA) is 104 Å². The number of halogens is 1. The van der Waals surface area contributed by atoms with E-state index in [-0.39, 0.29) is 16.1 Å². The molecule has 104 valence electrons. The average Bonchev–Trinajstić information content (AvgIpc) is 2.37. The van der Waals surface area contributed by atoms with Gasteiger partial charge in [0.15, 0.2) is 0 Å². The van der Waals surface area contributed by atoms with Crippen molar-refractivity contribution in [3.63, 3.8) is 0 Å². The van der Waals surface area contributed by atoms with Gasteiger partial charge in [-0.1, -0.05) is 11.6 Å². The molecule has 0 heterocycles. The van der Waals surface area contributed by atoms with Gasteiger partial charge in [0.2, 0.25) is 0 Å². The van der Waals surface area contributed by atoms with Gasteiger partial charge in [-0.25, -0.2) is 4.79 Å². The summed E-state index contributed by atoms with van der Waals surface area (Å²) < 4.78 is 4.36. The molecular weight excluding hydrogens is 276 g/mol. The van der Waals surface area contributed by atoms with Crippen LogP contribution in [0.5, 0.6) is 0 Å². The number of aliphatic hydroxyl groups is 2. The van der Waals surface area contributed by atoms with Gasteiger partial charge in [0.25, 0.3) is 0 Å². The summed E-state index contributed by atoms with van der Waals surface area (Å²) >= 11 is 5.83. The SMILES string of the molecule is COC(=O)CC(O)C(O)c1cc(C(=O)O)ccc1Cl. The van der Waals surface area contributed by atoms with E-state index < -0.39 is 30.6 Å². The molecule has 2 unspecified atom stereocenters. The van der Waals surface area contributed by atoms with E-state index in [0.717, 1.165) is 13.2 Å². The summed E-state index contributed by atoms with van der Waals surface area (Å²) in [7, 11) is 1.15. The van der Waals surface area contributed by atoms with E-state index in [1.165, 1.54) is 12.1 Å². The summed E-state index contributed by atoms with van der Waals surface area (Å²) in [5, 5.41) is 28.5. The molecule has 7 heteroatoms. The van der Waals surface area contributed by atoms with Crippen LogP contribution in [0.1, 0.15) is 28.4 Å². The normalized spacial score (nSPS) is 13.7. The first-order valence-electron chi connectivity index (χ1n) is 5.32. The van der Waals surface area contributed by atoms with Crippen LogP contribution in [0.2, 0.25) is 5.02 Å². The van der Waals surface area contributed by atoms with E-state index in [1.807, 2.05) is 0 Å². The van der Waals surface area contributed by atoms with Gasteiger partial charge in [0.1, 0.15) is 6.10 Å². The summed E-state index contributed by atoms with van der Waals surface area (Å²) in [6.07, 6.45) is -3.34. The molecule has 1 aromatic rings. The number of methoxy groups -OCH3 is 1. The second-order valence-corrected chi connectivity index (χ2v) is 4.24. The number of benzene rings is 1. The van der Waals surface area contributed by atoms with E-state index in [1.54, 1.807) is 0 Å². The zero-order valence-electron chi connectivity index (χ0n) is 10.0. The van der Waals surface area contributed by atoms with E-state index in [2.05, 4.69) is 4.74 Å². The van der Waals surface area contributed by atoms with E-state index in [9.17, 15) is 19.8 Å². The predicted octanol–water partition coefficient (Wildman–Crippen LogP) is 0.996.